The van der Waals surface area contributed by atoms with Gasteiger partial charge in [0.25, 0.3) is 11.8 Å². The lowest BCUT2D eigenvalue weighted by atomic mass is 10.3. The highest BCUT2D eigenvalue weighted by atomic mass is 16.6. The van der Waals surface area contributed by atoms with E-state index in [4.69, 9.17) is 42.6 Å². The summed E-state index contributed by atoms with van der Waals surface area (Å²) in [6.45, 7) is 8.23. The number of hydrogen-bond donors (Lipinski definition) is 0. The van der Waals surface area contributed by atoms with Crippen LogP contribution in [0, 0.1) is 0 Å². The molecule has 1 aromatic carbocycles. The molecule has 0 aliphatic carbocycles. The highest BCUT2D eigenvalue weighted by Crippen LogP contribution is 2.07. The summed E-state index contributed by atoms with van der Waals surface area (Å²) in [6.07, 6.45) is 2.51. The Kier molecular flexibility index (Phi) is 20.6. The van der Waals surface area contributed by atoms with Crippen molar-refractivity contribution < 1.29 is 52.2 Å². The van der Waals surface area contributed by atoms with Crippen molar-refractivity contribution in [2.24, 2.45) is 0 Å². The van der Waals surface area contributed by atoms with Gasteiger partial charge in [-0.15, -0.1) is 0 Å². The van der Waals surface area contributed by atoms with Gasteiger partial charge >= 0.3 is 0 Å². The maximum Gasteiger partial charge on any atom is 0.253 e. The first-order valence-corrected chi connectivity index (χ1v) is 13.6. The summed E-state index contributed by atoms with van der Waals surface area (Å²) >= 11 is 0. The first kappa shape index (κ1) is 33.8. The Morgan fingerprint density at radius 1 is 0.425 bits per heavy atom. The molecule has 0 aromatic heterocycles. The van der Waals surface area contributed by atoms with E-state index < -0.39 is 0 Å². The first-order chi connectivity index (χ1) is 19.8. The van der Waals surface area contributed by atoms with E-state index in [0.29, 0.717) is 106 Å². The highest BCUT2D eigenvalue weighted by Gasteiger charge is 2.22. The van der Waals surface area contributed by atoms with Crippen LogP contribution in [-0.2, 0) is 47.5 Å². The van der Waals surface area contributed by atoms with Crippen molar-refractivity contribution in [3.8, 4) is 5.75 Å². The summed E-state index contributed by atoms with van der Waals surface area (Å²) in [7, 11) is 0. The topological polar surface area (TPSA) is 120 Å². The Labute approximate surface area is 236 Å². The summed E-state index contributed by atoms with van der Waals surface area (Å²) < 4.78 is 49.0. The fourth-order valence-corrected chi connectivity index (χ4v) is 3.18. The van der Waals surface area contributed by atoms with E-state index >= 15 is 0 Å². The van der Waals surface area contributed by atoms with E-state index in [0.717, 1.165) is 10.6 Å². The smallest absolute Gasteiger partial charge is 0.253 e. The monoisotopic (exact) mass is 569 g/mol. The summed E-state index contributed by atoms with van der Waals surface area (Å²) in [4.78, 5) is 23.9. The van der Waals surface area contributed by atoms with Crippen LogP contribution in [0.1, 0.15) is 0 Å². The van der Waals surface area contributed by atoms with Crippen LogP contribution in [-0.4, -0.2) is 136 Å². The van der Waals surface area contributed by atoms with Crippen molar-refractivity contribution in [2.75, 3.05) is 119 Å². The summed E-state index contributed by atoms with van der Waals surface area (Å²) in [5.41, 5.74) is 0. The third-order valence-corrected chi connectivity index (χ3v) is 5.20. The average Bonchev–Trinajstić information content (AvgIpc) is 3.29. The van der Waals surface area contributed by atoms with Gasteiger partial charge < -0.3 is 42.6 Å². The van der Waals surface area contributed by atoms with E-state index in [2.05, 4.69) is 0 Å². The molecule has 0 atom stereocenters. The van der Waals surface area contributed by atoms with Gasteiger partial charge in [0.05, 0.1) is 112 Å². The van der Waals surface area contributed by atoms with Crippen molar-refractivity contribution in [1.82, 2.24) is 4.90 Å². The van der Waals surface area contributed by atoms with Crippen LogP contribution in [0.2, 0.25) is 0 Å². The number of ether oxygens (including phenoxy) is 9. The molecule has 40 heavy (non-hydrogen) atoms. The van der Waals surface area contributed by atoms with E-state index in [9.17, 15) is 9.59 Å². The molecule has 0 unspecified atom stereocenters. The standard InChI is InChI=1S/C28H43NO11/c30-27-6-7-28(31)29(27)8-9-32-10-11-33-12-13-34-14-15-35-16-17-36-18-19-37-20-21-38-22-23-39-24-25-40-26-4-2-1-3-5-26/h1-7H,8-25H2. The normalized spacial score (nSPS) is 13.1. The molecule has 12 nitrogen and oxygen atoms in total. The molecule has 0 N–H and O–H groups in total. The van der Waals surface area contributed by atoms with Crippen LogP contribution in [0.25, 0.3) is 0 Å². The SMILES string of the molecule is O=C1C=CC(=O)N1CCOCCOCCOCCOCCOCCOCCOCCOCCOc1ccccc1. The lowest BCUT2D eigenvalue weighted by Gasteiger charge is -2.13. The number of imide groups is 1. The molecular formula is C28H43NO11. The quantitative estimate of drug-likeness (QED) is 0.107. The minimum atomic E-state index is -0.304. The predicted octanol–water partition coefficient (Wildman–Crippen LogP) is 1.12. The zero-order valence-corrected chi connectivity index (χ0v) is 23.2. The van der Waals surface area contributed by atoms with Crippen molar-refractivity contribution >= 4 is 11.8 Å². The van der Waals surface area contributed by atoms with Crippen LogP contribution in [0.15, 0.2) is 42.5 Å². The summed E-state index contributed by atoms with van der Waals surface area (Å²) in [5.74, 6) is 0.229. The number of hydrogen-bond acceptors (Lipinski definition) is 11. The summed E-state index contributed by atoms with van der Waals surface area (Å²) in [5, 5.41) is 0. The van der Waals surface area contributed by atoms with Gasteiger partial charge in [-0.1, -0.05) is 18.2 Å². The van der Waals surface area contributed by atoms with Gasteiger partial charge in [0.1, 0.15) is 12.4 Å². The summed E-state index contributed by atoms with van der Waals surface area (Å²) in [6, 6.07) is 9.64. The van der Waals surface area contributed by atoms with E-state index in [1.807, 2.05) is 30.3 Å². The minimum Gasteiger partial charge on any atom is -0.491 e. The van der Waals surface area contributed by atoms with Gasteiger partial charge in [-0.3, -0.25) is 14.5 Å². The molecule has 0 bridgehead atoms. The number of para-hydroxylation sites is 1. The maximum absolute atomic E-state index is 11.4. The highest BCUT2D eigenvalue weighted by molar-refractivity contribution is 6.12. The molecule has 0 saturated carbocycles. The molecule has 226 valence electrons. The molecule has 0 radical (unpaired) electrons. The third kappa shape index (κ3) is 18.0. The Hall–Kier alpha value is -2.42. The van der Waals surface area contributed by atoms with Crippen molar-refractivity contribution in [3.05, 3.63) is 42.5 Å². The number of carbonyl (C=O) groups is 2. The van der Waals surface area contributed by atoms with E-state index in [1.165, 1.54) is 12.2 Å². The zero-order chi connectivity index (χ0) is 28.4. The maximum atomic E-state index is 11.4. The van der Waals surface area contributed by atoms with E-state index in [-0.39, 0.29) is 25.0 Å². The Morgan fingerprint density at radius 2 is 0.750 bits per heavy atom. The second-order valence-corrected chi connectivity index (χ2v) is 8.22. The fourth-order valence-electron chi connectivity index (χ4n) is 3.18. The van der Waals surface area contributed by atoms with Gasteiger partial charge in [-0.25, -0.2) is 0 Å². The third-order valence-electron chi connectivity index (χ3n) is 5.20. The molecule has 1 aliphatic rings. The van der Waals surface area contributed by atoms with Crippen molar-refractivity contribution in [2.45, 2.75) is 0 Å². The molecule has 0 saturated heterocycles. The first-order valence-electron chi connectivity index (χ1n) is 13.6. The van der Waals surface area contributed by atoms with Crippen LogP contribution < -0.4 is 4.74 Å². The van der Waals surface area contributed by atoms with Crippen molar-refractivity contribution in [1.29, 1.82) is 0 Å². The molecule has 1 aromatic rings. The Morgan fingerprint density at radius 3 is 1.12 bits per heavy atom. The van der Waals surface area contributed by atoms with Gasteiger partial charge in [0, 0.05) is 12.2 Å². The number of benzene rings is 1. The van der Waals surface area contributed by atoms with Crippen LogP contribution in [0.3, 0.4) is 0 Å². The molecule has 1 aliphatic heterocycles. The Bertz CT molecular complexity index is 776. The molecule has 2 rings (SSSR count). The van der Waals surface area contributed by atoms with Crippen LogP contribution >= 0.6 is 0 Å². The zero-order valence-electron chi connectivity index (χ0n) is 23.2. The number of carbonyl (C=O) groups excluding carboxylic acids is 2. The number of amides is 2. The average molecular weight is 570 g/mol. The number of nitrogens with zero attached hydrogens (tertiary/aromatic N) is 1. The van der Waals surface area contributed by atoms with Crippen molar-refractivity contribution in [3.63, 3.8) is 0 Å². The van der Waals surface area contributed by atoms with Crippen LogP contribution in [0.4, 0.5) is 0 Å². The molecule has 0 fully saturated rings. The van der Waals surface area contributed by atoms with Gasteiger partial charge in [-0.05, 0) is 12.1 Å². The molecule has 1 heterocycles. The number of rotatable bonds is 28. The molecule has 2 amide bonds. The minimum absolute atomic E-state index is 0.243. The van der Waals surface area contributed by atoms with Gasteiger partial charge in [-0.2, -0.15) is 0 Å². The molecule has 12 heteroatoms. The van der Waals surface area contributed by atoms with E-state index in [1.54, 1.807) is 0 Å². The Balaban J connectivity index is 1.17. The molecule has 0 spiro atoms. The lowest BCUT2D eigenvalue weighted by molar-refractivity contribution is -0.137. The van der Waals surface area contributed by atoms with Crippen LogP contribution in [0.5, 0.6) is 5.75 Å². The predicted molar refractivity (Wildman–Crippen MR) is 144 cm³/mol. The largest absolute Gasteiger partial charge is 0.491 e. The molecular weight excluding hydrogens is 526 g/mol. The second-order valence-electron chi connectivity index (χ2n) is 8.22. The lowest BCUT2D eigenvalue weighted by Crippen LogP contribution is -2.33. The fraction of sp³-hybridized carbons (Fsp3) is 0.643. The van der Waals surface area contributed by atoms with Gasteiger partial charge in [0.2, 0.25) is 0 Å². The second kappa shape index (κ2) is 24.4. The van der Waals surface area contributed by atoms with Gasteiger partial charge in [0.15, 0.2) is 0 Å².